The Kier molecular flexibility index (Phi) is 5.43. The van der Waals surface area contributed by atoms with Crippen molar-refractivity contribution in [2.75, 3.05) is 21.9 Å². The Bertz CT molecular complexity index is 908. The van der Waals surface area contributed by atoms with Gasteiger partial charge in [-0.15, -0.1) is 0 Å². The summed E-state index contributed by atoms with van der Waals surface area (Å²) in [5, 5.41) is 2.83. The van der Waals surface area contributed by atoms with Crippen molar-refractivity contribution < 1.29 is 13.2 Å². The first-order chi connectivity index (χ1) is 12.0. The summed E-state index contributed by atoms with van der Waals surface area (Å²) in [6.45, 7) is 0.523. The number of nitrogens with one attached hydrogen (secondary N) is 1. The monoisotopic (exact) mass is 468 g/mol. The van der Waals surface area contributed by atoms with Crippen molar-refractivity contribution in [2.24, 2.45) is 0 Å². The minimum Gasteiger partial charge on any atom is -0.322 e. The van der Waals surface area contributed by atoms with E-state index < -0.39 is 10.0 Å². The number of benzene rings is 2. The van der Waals surface area contributed by atoms with E-state index in [4.69, 9.17) is 0 Å². The number of amides is 1. The Hall–Kier alpha value is -1.87. The largest absolute Gasteiger partial charge is 0.322 e. The van der Waals surface area contributed by atoms with Crippen LogP contribution in [0.2, 0.25) is 0 Å². The fourth-order valence-electron chi connectivity index (χ4n) is 2.59. The van der Waals surface area contributed by atoms with Gasteiger partial charge in [-0.05, 0) is 64.9 Å². The van der Waals surface area contributed by atoms with E-state index in [0.717, 1.165) is 14.8 Å². The molecule has 3 rings (SSSR count). The molecule has 7 heteroatoms. The molecule has 0 radical (unpaired) electrons. The molecule has 1 amide bonds. The van der Waals surface area contributed by atoms with Crippen LogP contribution in [0.5, 0.6) is 0 Å². The molecule has 5 nitrogen and oxygen atoms in total. The molecular formula is C18H17IN2O3S. The van der Waals surface area contributed by atoms with E-state index in [2.05, 4.69) is 27.9 Å². The average Bonchev–Trinajstić information content (AvgIpc) is 2.95. The van der Waals surface area contributed by atoms with Gasteiger partial charge in [0, 0.05) is 16.2 Å². The molecular weight excluding hydrogens is 451 g/mol. The zero-order valence-corrected chi connectivity index (χ0v) is 16.3. The molecule has 0 unspecified atom stereocenters. The average molecular weight is 468 g/mol. The van der Waals surface area contributed by atoms with E-state index in [1.165, 1.54) is 10.4 Å². The van der Waals surface area contributed by atoms with Crippen LogP contribution in [0, 0.1) is 3.57 Å². The Morgan fingerprint density at radius 3 is 2.48 bits per heavy atom. The van der Waals surface area contributed by atoms with E-state index in [1.54, 1.807) is 30.3 Å². The van der Waals surface area contributed by atoms with Crippen LogP contribution in [0.25, 0.3) is 6.08 Å². The van der Waals surface area contributed by atoms with Gasteiger partial charge in [-0.25, -0.2) is 8.42 Å². The van der Waals surface area contributed by atoms with E-state index in [1.807, 2.05) is 24.3 Å². The third kappa shape index (κ3) is 4.40. The molecule has 0 saturated carbocycles. The molecule has 2 aromatic carbocycles. The molecule has 25 heavy (non-hydrogen) atoms. The first-order valence-electron chi connectivity index (χ1n) is 7.80. The van der Waals surface area contributed by atoms with Crippen molar-refractivity contribution in [2.45, 2.75) is 6.42 Å². The number of hydrogen-bond donors (Lipinski definition) is 1. The smallest absolute Gasteiger partial charge is 0.248 e. The minimum atomic E-state index is -3.17. The third-order valence-corrected chi connectivity index (χ3v) is 6.65. The lowest BCUT2D eigenvalue weighted by molar-refractivity contribution is -0.111. The number of carbonyl (C=O) groups is 1. The highest BCUT2D eigenvalue weighted by molar-refractivity contribution is 14.1. The highest BCUT2D eigenvalue weighted by Crippen LogP contribution is 2.24. The molecule has 1 aliphatic rings. The third-order valence-electron chi connectivity index (χ3n) is 3.84. The molecule has 1 aliphatic heterocycles. The molecule has 0 bridgehead atoms. The van der Waals surface area contributed by atoms with E-state index in [0.29, 0.717) is 18.7 Å². The first kappa shape index (κ1) is 17.9. The number of hydrogen-bond acceptors (Lipinski definition) is 3. The molecule has 0 aliphatic carbocycles. The summed E-state index contributed by atoms with van der Waals surface area (Å²) < 4.78 is 26.2. The maximum atomic E-state index is 12.0. The summed E-state index contributed by atoms with van der Waals surface area (Å²) >= 11 is 2.17. The van der Waals surface area contributed by atoms with Gasteiger partial charge < -0.3 is 5.32 Å². The maximum Gasteiger partial charge on any atom is 0.248 e. The van der Waals surface area contributed by atoms with Crippen molar-refractivity contribution in [1.82, 2.24) is 0 Å². The Morgan fingerprint density at radius 1 is 1.12 bits per heavy atom. The molecule has 0 spiro atoms. The van der Waals surface area contributed by atoms with Crippen LogP contribution < -0.4 is 9.62 Å². The number of rotatable bonds is 4. The Balaban J connectivity index is 1.66. The van der Waals surface area contributed by atoms with Crippen LogP contribution in [0.1, 0.15) is 12.0 Å². The van der Waals surface area contributed by atoms with Crippen molar-refractivity contribution >= 4 is 56.0 Å². The van der Waals surface area contributed by atoms with Gasteiger partial charge in [0.2, 0.25) is 15.9 Å². The highest BCUT2D eigenvalue weighted by Gasteiger charge is 2.28. The molecule has 1 heterocycles. The van der Waals surface area contributed by atoms with Gasteiger partial charge >= 0.3 is 0 Å². The summed E-state index contributed by atoms with van der Waals surface area (Å²) in [6.07, 6.45) is 3.82. The second kappa shape index (κ2) is 7.57. The lowest BCUT2D eigenvalue weighted by Crippen LogP contribution is -2.24. The topological polar surface area (TPSA) is 66.5 Å². The standard InChI is InChI=1S/C18H17IN2O3S/c19-16-4-1-2-5-17(16)20-18(22)11-8-14-6-9-15(10-7-14)21-12-3-13-25(21,23)24/h1-2,4-11H,3,12-13H2,(H,20,22)/b11-8+. The van der Waals surface area contributed by atoms with Crippen LogP contribution in [0.3, 0.4) is 0 Å². The maximum absolute atomic E-state index is 12.0. The van der Waals surface area contributed by atoms with Gasteiger partial charge in [0.25, 0.3) is 0 Å². The minimum absolute atomic E-state index is 0.201. The lowest BCUT2D eigenvalue weighted by Gasteiger charge is -2.16. The Morgan fingerprint density at radius 2 is 1.84 bits per heavy atom. The van der Waals surface area contributed by atoms with Crippen molar-refractivity contribution in [3.63, 3.8) is 0 Å². The molecule has 0 atom stereocenters. The predicted octanol–water partition coefficient (Wildman–Crippen LogP) is 3.48. The van der Waals surface area contributed by atoms with Crippen LogP contribution in [-0.4, -0.2) is 26.6 Å². The fourth-order valence-corrected chi connectivity index (χ4v) is 4.68. The van der Waals surface area contributed by atoms with Crippen LogP contribution in [-0.2, 0) is 14.8 Å². The van der Waals surface area contributed by atoms with E-state index in [-0.39, 0.29) is 11.7 Å². The molecule has 1 saturated heterocycles. The zero-order chi connectivity index (χ0) is 17.9. The van der Waals surface area contributed by atoms with Gasteiger partial charge in [-0.1, -0.05) is 24.3 Å². The molecule has 130 valence electrons. The number of halogens is 1. The second-order valence-electron chi connectivity index (χ2n) is 5.64. The predicted molar refractivity (Wildman–Crippen MR) is 109 cm³/mol. The second-order valence-corrected chi connectivity index (χ2v) is 8.81. The molecule has 0 aromatic heterocycles. The van der Waals surface area contributed by atoms with Crippen molar-refractivity contribution in [3.8, 4) is 0 Å². The van der Waals surface area contributed by atoms with Gasteiger partial charge in [0.15, 0.2) is 0 Å². The summed E-state index contributed by atoms with van der Waals surface area (Å²) in [6, 6.07) is 14.7. The van der Waals surface area contributed by atoms with Gasteiger partial charge in [-0.3, -0.25) is 9.10 Å². The summed E-state index contributed by atoms with van der Waals surface area (Å²) in [5.74, 6) is -0.0112. The Labute approximate surface area is 160 Å². The van der Waals surface area contributed by atoms with E-state index >= 15 is 0 Å². The lowest BCUT2D eigenvalue weighted by atomic mass is 10.2. The number of sulfonamides is 1. The van der Waals surface area contributed by atoms with Crippen molar-refractivity contribution in [1.29, 1.82) is 0 Å². The summed E-state index contributed by atoms with van der Waals surface area (Å²) in [5.41, 5.74) is 2.27. The normalized spacial score (nSPS) is 16.3. The first-order valence-corrected chi connectivity index (χ1v) is 10.5. The quantitative estimate of drug-likeness (QED) is 0.552. The van der Waals surface area contributed by atoms with Crippen LogP contribution in [0.15, 0.2) is 54.6 Å². The number of anilines is 2. The molecule has 1 fully saturated rings. The fraction of sp³-hybridized carbons (Fsp3) is 0.167. The summed E-state index contributed by atoms with van der Waals surface area (Å²) in [7, 11) is -3.17. The zero-order valence-electron chi connectivity index (χ0n) is 13.4. The number of para-hydroxylation sites is 1. The van der Waals surface area contributed by atoms with Crippen LogP contribution in [0.4, 0.5) is 11.4 Å². The van der Waals surface area contributed by atoms with Gasteiger partial charge in [0.1, 0.15) is 0 Å². The van der Waals surface area contributed by atoms with E-state index in [9.17, 15) is 13.2 Å². The van der Waals surface area contributed by atoms with Crippen molar-refractivity contribution in [3.05, 3.63) is 63.7 Å². The van der Waals surface area contributed by atoms with Gasteiger partial charge in [-0.2, -0.15) is 0 Å². The van der Waals surface area contributed by atoms with Crippen LogP contribution >= 0.6 is 22.6 Å². The highest BCUT2D eigenvalue weighted by atomic mass is 127. The number of carbonyl (C=O) groups excluding carboxylic acids is 1. The molecule has 1 N–H and O–H groups in total. The number of nitrogens with zero attached hydrogens (tertiary/aromatic N) is 1. The SMILES string of the molecule is O=C(/C=C/c1ccc(N2CCCS2(=O)=O)cc1)Nc1ccccc1I. The molecule has 2 aromatic rings. The van der Waals surface area contributed by atoms with Gasteiger partial charge in [0.05, 0.1) is 17.1 Å². The summed E-state index contributed by atoms with van der Waals surface area (Å²) in [4.78, 5) is 12.0.